The van der Waals surface area contributed by atoms with E-state index < -0.39 is 11.4 Å². The number of allylic oxidation sites excluding steroid dienone is 1. The first-order chi connectivity index (χ1) is 23.6. The molecule has 51 heavy (non-hydrogen) atoms. The van der Waals surface area contributed by atoms with Crippen molar-refractivity contribution in [2.75, 3.05) is 27.2 Å². The van der Waals surface area contributed by atoms with Gasteiger partial charge in [-0.05, 0) is 148 Å². The van der Waals surface area contributed by atoms with Crippen LogP contribution in [0.15, 0.2) is 12.2 Å². The van der Waals surface area contributed by atoms with Crippen LogP contribution in [0.4, 0.5) is 0 Å². The zero-order valence-electron chi connectivity index (χ0n) is 34.0. The van der Waals surface area contributed by atoms with E-state index in [0.29, 0.717) is 41.5 Å². The number of amides is 1. The van der Waals surface area contributed by atoms with Gasteiger partial charge in [0.1, 0.15) is 6.10 Å². The van der Waals surface area contributed by atoms with Gasteiger partial charge >= 0.3 is 11.9 Å². The number of likely N-dealkylation sites (N-methyl/N-ethyl adjacent to an activating group) is 1. The number of aliphatic carboxylic acids is 1. The topological polar surface area (TPSA) is 87.2 Å². The van der Waals surface area contributed by atoms with Crippen LogP contribution >= 0.6 is 0 Å². The van der Waals surface area contributed by atoms with Crippen molar-refractivity contribution in [2.45, 2.75) is 157 Å². The summed E-state index contributed by atoms with van der Waals surface area (Å²) >= 11 is 0. The third kappa shape index (κ3) is 6.33. The monoisotopic (exact) mass is 709 g/mol. The number of hydrogen-bond donors (Lipinski definition) is 1. The summed E-state index contributed by atoms with van der Waals surface area (Å²) in [5, 5.41) is 9.35. The number of carboxylic acid groups (broad SMARTS) is 1. The number of nitrogens with zero attached hydrogens (tertiary/aromatic N) is 2. The van der Waals surface area contributed by atoms with Gasteiger partial charge in [0.15, 0.2) is 0 Å². The highest BCUT2D eigenvalue weighted by molar-refractivity contribution is 5.77. The Morgan fingerprint density at radius 3 is 2.20 bits per heavy atom. The molecule has 7 nitrogen and oxygen atoms in total. The number of esters is 1. The second kappa shape index (κ2) is 13.1. The number of carbonyl (C=O) groups excluding carboxylic acids is 2. The van der Waals surface area contributed by atoms with Crippen molar-refractivity contribution in [3.05, 3.63) is 12.2 Å². The van der Waals surface area contributed by atoms with E-state index in [0.717, 1.165) is 51.6 Å². The lowest BCUT2D eigenvalue weighted by Crippen LogP contribution is -2.67. The minimum Gasteiger partial charge on any atom is -0.481 e. The molecule has 1 N–H and O–H groups in total. The minimum absolute atomic E-state index is 0.0437. The number of hydrogen-bond acceptors (Lipinski definition) is 5. The van der Waals surface area contributed by atoms with E-state index in [1.807, 2.05) is 13.8 Å². The summed E-state index contributed by atoms with van der Waals surface area (Å²) in [7, 11) is 4.29. The first kappa shape index (κ1) is 38.8. The van der Waals surface area contributed by atoms with Crippen LogP contribution in [-0.4, -0.2) is 72.1 Å². The number of fused-ring (bicyclic) bond motifs is 7. The standard InChI is InChI=1S/C44H72N2O5/c1-28(2)30-14-20-44(24-35(47)46-23-17-29(27-46)45(10)11)22-21-42(8)31(38(30)44)12-13-33-41(7)18-16-34(40(5,6)32(41)15-19-43(33,42)9)51-37(50)26-39(3,4)25-36(48)49/h29-34,38H,1,12-27H2,2-11H3,(H,48,49)/t29-,30-,31+,32-,33+,34-,38+,41-,42+,43+,44+/m0/s1. The molecule has 0 spiro atoms. The molecule has 5 aliphatic carbocycles. The highest BCUT2D eigenvalue weighted by Gasteiger charge is 2.71. The summed E-state index contributed by atoms with van der Waals surface area (Å²) in [4.78, 5) is 43.2. The summed E-state index contributed by atoms with van der Waals surface area (Å²) in [6.07, 6.45) is 13.2. The molecule has 1 amide bonds. The number of likely N-dealkylation sites (tertiary alicyclic amines) is 1. The fourth-order valence-electron chi connectivity index (χ4n) is 14.6. The highest BCUT2D eigenvalue weighted by atomic mass is 16.5. The Labute approximate surface area is 310 Å². The number of rotatable bonds is 9. The van der Waals surface area contributed by atoms with Gasteiger partial charge in [0, 0.05) is 31.0 Å². The van der Waals surface area contributed by atoms with Crippen LogP contribution in [-0.2, 0) is 19.1 Å². The van der Waals surface area contributed by atoms with E-state index in [1.165, 1.54) is 44.1 Å². The fourth-order valence-corrected chi connectivity index (χ4v) is 14.6. The van der Waals surface area contributed by atoms with E-state index in [9.17, 15) is 19.5 Å². The lowest BCUT2D eigenvalue weighted by Gasteiger charge is -2.73. The molecule has 0 radical (unpaired) electrons. The minimum atomic E-state index is -0.879. The van der Waals surface area contributed by atoms with Gasteiger partial charge in [-0.25, -0.2) is 0 Å². The Kier molecular flexibility index (Phi) is 10.0. The molecule has 1 aliphatic heterocycles. The van der Waals surface area contributed by atoms with Crippen molar-refractivity contribution in [1.82, 2.24) is 9.80 Å². The van der Waals surface area contributed by atoms with Crippen molar-refractivity contribution >= 4 is 17.8 Å². The van der Waals surface area contributed by atoms with E-state index in [-0.39, 0.29) is 52.0 Å². The number of carbonyl (C=O) groups is 3. The molecular weight excluding hydrogens is 636 g/mol. The SMILES string of the molecule is C=C(C)[C@@H]1CC[C@]2(CC(=O)N3CC[C@H](N(C)C)C3)CC[C@]3(C)[C@H](CC[C@@H]4[C@@]5(C)CC[C@H](OC(=O)CC(C)(C)CC(=O)O)C(C)(C)[C@@H]5CC[C@]43C)[C@@H]12. The average Bonchev–Trinajstić information content (AvgIpc) is 3.65. The maximum atomic E-state index is 14.1. The van der Waals surface area contributed by atoms with E-state index >= 15 is 0 Å². The predicted octanol–water partition coefficient (Wildman–Crippen LogP) is 9.00. The van der Waals surface area contributed by atoms with E-state index in [2.05, 4.69) is 72.0 Å². The summed E-state index contributed by atoms with van der Waals surface area (Å²) < 4.78 is 6.29. The summed E-state index contributed by atoms with van der Waals surface area (Å²) in [5.41, 5.74) is 1.24. The maximum absolute atomic E-state index is 14.1. The van der Waals surface area contributed by atoms with Crippen molar-refractivity contribution < 1.29 is 24.2 Å². The predicted molar refractivity (Wildman–Crippen MR) is 203 cm³/mol. The largest absolute Gasteiger partial charge is 0.481 e. The average molecular weight is 709 g/mol. The molecular formula is C44H72N2O5. The highest BCUT2D eigenvalue weighted by Crippen LogP contribution is 2.78. The van der Waals surface area contributed by atoms with Crippen molar-refractivity contribution in [1.29, 1.82) is 0 Å². The van der Waals surface area contributed by atoms with Gasteiger partial charge in [-0.1, -0.05) is 60.6 Å². The van der Waals surface area contributed by atoms with Crippen LogP contribution in [0, 0.1) is 62.1 Å². The van der Waals surface area contributed by atoms with Gasteiger partial charge < -0.3 is 19.6 Å². The summed E-state index contributed by atoms with van der Waals surface area (Å²) in [5.74, 6) is 1.98. The van der Waals surface area contributed by atoms with Crippen LogP contribution in [0.5, 0.6) is 0 Å². The van der Waals surface area contributed by atoms with Gasteiger partial charge in [-0.2, -0.15) is 0 Å². The Morgan fingerprint density at radius 1 is 0.863 bits per heavy atom. The summed E-state index contributed by atoms with van der Waals surface area (Å²) in [6.45, 7) is 24.9. The van der Waals surface area contributed by atoms with Gasteiger partial charge in [0.25, 0.3) is 0 Å². The van der Waals surface area contributed by atoms with Crippen LogP contribution in [0.25, 0.3) is 0 Å². The molecule has 288 valence electrons. The van der Waals surface area contributed by atoms with Crippen LogP contribution in [0.1, 0.15) is 145 Å². The third-order valence-corrected chi connectivity index (χ3v) is 17.5. The molecule has 6 rings (SSSR count). The molecule has 11 atom stereocenters. The van der Waals surface area contributed by atoms with Crippen LogP contribution in [0.2, 0.25) is 0 Å². The van der Waals surface area contributed by atoms with Crippen molar-refractivity contribution in [3.8, 4) is 0 Å². The zero-order valence-corrected chi connectivity index (χ0v) is 34.0. The molecule has 6 fully saturated rings. The molecule has 1 saturated heterocycles. The zero-order chi connectivity index (χ0) is 37.5. The summed E-state index contributed by atoms with van der Waals surface area (Å²) in [6, 6.07) is 0.471. The van der Waals surface area contributed by atoms with Gasteiger partial charge in [-0.3, -0.25) is 14.4 Å². The van der Waals surface area contributed by atoms with Crippen molar-refractivity contribution in [2.24, 2.45) is 62.1 Å². The lowest BCUT2D eigenvalue weighted by atomic mass is 9.32. The first-order valence-corrected chi connectivity index (χ1v) is 20.6. The molecule has 1 heterocycles. The van der Waals surface area contributed by atoms with Crippen molar-refractivity contribution in [3.63, 3.8) is 0 Å². The molecule has 0 unspecified atom stereocenters. The lowest BCUT2D eigenvalue weighted by molar-refractivity contribution is -0.250. The second-order valence-electron chi connectivity index (χ2n) is 21.2. The Balaban J connectivity index is 1.22. The molecule has 7 heteroatoms. The quantitative estimate of drug-likeness (QED) is 0.190. The first-order valence-electron chi connectivity index (χ1n) is 20.6. The molecule has 0 bridgehead atoms. The number of ether oxygens (including phenoxy) is 1. The smallest absolute Gasteiger partial charge is 0.306 e. The molecule has 0 aromatic carbocycles. The molecule has 6 aliphatic rings. The maximum Gasteiger partial charge on any atom is 0.306 e. The molecule has 0 aromatic heterocycles. The normalized spacial score (nSPS) is 43.1. The molecule has 5 saturated carbocycles. The Morgan fingerprint density at radius 2 is 1.57 bits per heavy atom. The second-order valence-corrected chi connectivity index (χ2v) is 21.2. The number of carboxylic acids is 1. The Bertz CT molecular complexity index is 1400. The third-order valence-electron chi connectivity index (χ3n) is 17.5. The fraction of sp³-hybridized carbons (Fsp3) is 0.886. The van der Waals surface area contributed by atoms with Gasteiger partial charge in [-0.15, -0.1) is 0 Å². The van der Waals surface area contributed by atoms with E-state index in [1.54, 1.807) is 0 Å². The van der Waals surface area contributed by atoms with Gasteiger partial charge in [0.2, 0.25) is 5.91 Å². The Hall–Kier alpha value is -1.89. The van der Waals surface area contributed by atoms with Crippen LogP contribution in [0.3, 0.4) is 0 Å². The van der Waals surface area contributed by atoms with Crippen LogP contribution < -0.4 is 0 Å². The van der Waals surface area contributed by atoms with E-state index in [4.69, 9.17) is 4.74 Å². The van der Waals surface area contributed by atoms with Gasteiger partial charge in [0.05, 0.1) is 12.8 Å². The molecule has 0 aromatic rings.